The van der Waals surface area contributed by atoms with Gasteiger partial charge >= 0.3 is 5.97 Å². The molecule has 1 saturated carbocycles. The molecule has 0 spiro atoms. The number of nitrogens with zero attached hydrogens (tertiary/aromatic N) is 2. The molecule has 0 amide bonds. The van der Waals surface area contributed by atoms with Gasteiger partial charge in [-0.1, -0.05) is 137 Å². The summed E-state index contributed by atoms with van der Waals surface area (Å²) in [5.41, 5.74) is 11.7. The summed E-state index contributed by atoms with van der Waals surface area (Å²) in [5.74, 6) is 0.298. The summed E-state index contributed by atoms with van der Waals surface area (Å²) < 4.78 is 7.57. The van der Waals surface area contributed by atoms with Crippen molar-refractivity contribution < 1.29 is 14.1 Å². The van der Waals surface area contributed by atoms with Gasteiger partial charge in [0.05, 0.1) is 5.39 Å². The number of hydrogen-bond acceptors (Lipinski definition) is 3. The first kappa shape index (κ1) is 39.9. The van der Waals surface area contributed by atoms with Crippen LogP contribution in [-0.4, -0.2) is 17.6 Å². The molecule has 56 heavy (non-hydrogen) atoms. The third kappa shape index (κ3) is 9.03. The molecule has 2 aliphatic rings. The van der Waals surface area contributed by atoms with Gasteiger partial charge in [-0.2, -0.15) is 4.57 Å². The van der Waals surface area contributed by atoms with Gasteiger partial charge in [-0.15, -0.1) is 0 Å². The van der Waals surface area contributed by atoms with Gasteiger partial charge in [0.15, 0.2) is 6.20 Å². The number of pyridine rings is 1. The molecule has 2 unspecified atom stereocenters. The summed E-state index contributed by atoms with van der Waals surface area (Å²) in [6.07, 6.45) is 12.4. The van der Waals surface area contributed by atoms with E-state index in [-0.39, 0.29) is 12.5 Å². The highest BCUT2D eigenvalue weighted by Gasteiger charge is 2.42. The standard InChI is InChI=1S/C48H45N2O2.2C2H6/c1-48(2,3)52-47(51)33-49-30-29-38(40-17-10-11-19-44(40)49)25-21-34-24-28-46-43(32-34)41-18-12-20-45(41)50(46)39-26-22-35(23-27-39)31-42(36-13-6-4-7-14-36)37-15-8-5-9-16-37;2*1-2/h4-11,13-17,19,21-32,41,45H,12,18,20,33H2,1-3H3;2*1-2H3/q+1;;. The van der Waals surface area contributed by atoms with E-state index in [0.29, 0.717) is 12.0 Å². The molecule has 286 valence electrons. The average Bonchev–Trinajstić information content (AvgIpc) is 3.83. The molecule has 2 atom stereocenters. The van der Waals surface area contributed by atoms with E-state index in [9.17, 15) is 4.79 Å². The molecule has 0 N–H and O–H groups in total. The van der Waals surface area contributed by atoms with Crippen molar-refractivity contribution in [2.45, 2.75) is 91.8 Å². The topological polar surface area (TPSA) is 33.4 Å². The molecule has 0 saturated heterocycles. The van der Waals surface area contributed by atoms with Crippen LogP contribution >= 0.6 is 0 Å². The monoisotopic (exact) mass is 741 g/mol. The van der Waals surface area contributed by atoms with Gasteiger partial charge in [0, 0.05) is 35.5 Å². The lowest BCUT2D eigenvalue weighted by Gasteiger charge is -2.27. The molecular formula is C52H57N2O2+. The first-order valence-electron chi connectivity index (χ1n) is 20.5. The van der Waals surface area contributed by atoms with Crippen LogP contribution in [0.2, 0.25) is 0 Å². The molecule has 0 radical (unpaired) electrons. The molecule has 4 nitrogen and oxygen atoms in total. The summed E-state index contributed by atoms with van der Waals surface area (Å²) >= 11 is 0. The van der Waals surface area contributed by atoms with Crippen LogP contribution in [-0.2, 0) is 16.1 Å². The Bertz CT molecular complexity index is 2240. The Morgan fingerprint density at radius 1 is 0.732 bits per heavy atom. The minimum atomic E-state index is -0.514. The Hall–Kier alpha value is -5.74. The smallest absolute Gasteiger partial charge is 0.373 e. The van der Waals surface area contributed by atoms with Crippen LogP contribution in [0.5, 0.6) is 0 Å². The van der Waals surface area contributed by atoms with E-state index in [4.69, 9.17) is 4.74 Å². The molecule has 1 fully saturated rings. The maximum Gasteiger partial charge on any atom is 0.373 e. The van der Waals surface area contributed by atoms with E-state index in [1.54, 1.807) is 0 Å². The van der Waals surface area contributed by atoms with Crippen LogP contribution in [0.4, 0.5) is 11.4 Å². The molecule has 1 aliphatic heterocycles. The highest BCUT2D eigenvalue weighted by Crippen LogP contribution is 2.52. The van der Waals surface area contributed by atoms with Gasteiger partial charge in [0.1, 0.15) is 5.60 Å². The molecule has 8 rings (SSSR count). The zero-order chi connectivity index (χ0) is 39.7. The van der Waals surface area contributed by atoms with Gasteiger partial charge < -0.3 is 9.64 Å². The highest BCUT2D eigenvalue weighted by atomic mass is 16.6. The van der Waals surface area contributed by atoms with E-state index in [1.165, 1.54) is 64.0 Å². The van der Waals surface area contributed by atoms with Crippen molar-refractivity contribution >= 4 is 52.0 Å². The zero-order valence-corrected chi connectivity index (χ0v) is 34.2. The number of fused-ring (bicyclic) bond motifs is 4. The van der Waals surface area contributed by atoms with Crippen molar-refractivity contribution in [1.29, 1.82) is 0 Å². The molecule has 5 aromatic carbocycles. The Morgan fingerprint density at radius 2 is 1.36 bits per heavy atom. The quantitative estimate of drug-likeness (QED) is 0.0885. The number of hydrogen-bond donors (Lipinski definition) is 0. The Labute approximate surface area is 334 Å². The summed E-state index contributed by atoms with van der Waals surface area (Å²) in [4.78, 5) is 15.2. The average molecular weight is 742 g/mol. The maximum absolute atomic E-state index is 12.6. The number of benzene rings is 5. The number of ether oxygens (including phenoxy) is 1. The second-order valence-electron chi connectivity index (χ2n) is 15.0. The number of rotatable bonds is 8. The lowest BCUT2D eigenvalue weighted by molar-refractivity contribution is -0.660. The van der Waals surface area contributed by atoms with Gasteiger partial charge in [-0.05, 0) is 109 Å². The van der Waals surface area contributed by atoms with E-state index >= 15 is 0 Å². The Kier molecular flexibility index (Phi) is 13.0. The number of carbonyl (C=O) groups excluding carboxylic acids is 1. The minimum Gasteiger partial charge on any atom is -0.455 e. The fourth-order valence-electron chi connectivity index (χ4n) is 8.07. The first-order valence-corrected chi connectivity index (χ1v) is 20.5. The van der Waals surface area contributed by atoms with Crippen molar-refractivity contribution in [2.75, 3.05) is 4.90 Å². The van der Waals surface area contributed by atoms with Crippen molar-refractivity contribution in [1.82, 2.24) is 0 Å². The van der Waals surface area contributed by atoms with Crippen LogP contribution in [0.3, 0.4) is 0 Å². The minimum absolute atomic E-state index is 0.174. The molecule has 2 heterocycles. The zero-order valence-electron chi connectivity index (χ0n) is 34.2. The highest BCUT2D eigenvalue weighted by molar-refractivity contribution is 5.92. The summed E-state index contributed by atoms with van der Waals surface area (Å²) in [7, 11) is 0. The van der Waals surface area contributed by atoms with Crippen molar-refractivity contribution in [3.63, 3.8) is 0 Å². The Morgan fingerprint density at radius 3 is 2.02 bits per heavy atom. The predicted molar refractivity (Wildman–Crippen MR) is 237 cm³/mol. The Balaban J connectivity index is 0.00000129. The van der Waals surface area contributed by atoms with Crippen LogP contribution in [0, 0.1) is 0 Å². The van der Waals surface area contributed by atoms with Crippen LogP contribution in [0.15, 0.2) is 140 Å². The molecular weight excluding hydrogens is 685 g/mol. The maximum atomic E-state index is 12.6. The SMILES string of the molecule is CC.CC.CC(C)(C)OC(=O)C[n+]1ccc(/C=C/c2ccc3c(c2)C2CCCC2N3c2ccc(C=C(c3ccccc3)c3ccccc3)cc2)c2ccccc21. The molecule has 1 aliphatic carbocycles. The van der Waals surface area contributed by atoms with Crippen LogP contribution in [0.1, 0.15) is 107 Å². The van der Waals surface area contributed by atoms with Crippen LogP contribution in [0.25, 0.3) is 34.7 Å². The predicted octanol–water partition coefficient (Wildman–Crippen LogP) is 13.1. The fourth-order valence-corrected chi connectivity index (χ4v) is 8.07. The lowest BCUT2D eigenvalue weighted by Crippen LogP contribution is -2.41. The van der Waals surface area contributed by atoms with Gasteiger partial charge in [-0.25, -0.2) is 4.79 Å². The van der Waals surface area contributed by atoms with Gasteiger partial charge in [0.25, 0.3) is 0 Å². The summed E-state index contributed by atoms with van der Waals surface area (Å²) in [6, 6.07) is 48.2. The normalized spacial score (nSPS) is 15.6. The van der Waals surface area contributed by atoms with Gasteiger partial charge in [-0.3, -0.25) is 0 Å². The fraction of sp³-hybridized carbons (Fsp3) is 0.269. The van der Waals surface area contributed by atoms with Gasteiger partial charge in [0.2, 0.25) is 12.1 Å². The van der Waals surface area contributed by atoms with E-state index in [0.717, 1.165) is 16.5 Å². The molecule has 4 heteroatoms. The molecule has 6 aromatic rings. The number of para-hydroxylation sites is 1. The molecule has 1 aromatic heterocycles. The number of esters is 1. The first-order chi connectivity index (χ1) is 27.3. The third-order valence-corrected chi connectivity index (χ3v) is 10.3. The van der Waals surface area contributed by atoms with Crippen molar-refractivity contribution in [3.05, 3.63) is 173 Å². The third-order valence-electron chi connectivity index (χ3n) is 10.3. The van der Waals surface area contributed by atoms with E-state index in [1.807, 2.05) is 65.3 Å². The van der Waals surface area contributed by atoms with Crippen LogP contribution < -0.4 is 9.47 Å². The number of aromatic nitrogens is 1. The number of carbonyl (C=O) groups is 1. The second kappa shape index (κ2) is 18.3. The van der Waals surface area contributed by atoms with E-state index < -0.39 is 5.60 Å². The summed E-state index contributed by atoms with van der Waals surface area (Å²) in [6.45, 7) is 13.9. The lowest BCUT2D eigenvalue weighted by atomic mass is 9.95. The van der Waals surface area contributed by atoms with E-state index in [2.05, 4.69) is 151 Å². The number of anilines is 2. The largest absolute Gasteiger partial charge is 0.455 e. The summed E-state index contributed by atoms with van der Waals surface area (Å²) in [5, 5.41) is 1.10. The second-order valence-corrected chi connectivity index (χ2v) is 15.0. The molecule has 0 bridgehead atoms. The van der Waals surface area contributed by atoms with Crippen molar-refractivity contribution in [3.8, 4) is 0 Å². The van der Waals surface area contributed by atoms with Crippen molar-refractivity contribution in [2.24, 2.45) is 0 Å².